The topological polar surface area (TPSA) is 15.3 Å². The minimum absolute atomic E-state index is 0.777. The van der Waals surface area contributed by atoms with Gasteiger partial charge in [-0.15, -0.1) is 0 Å². The van der Waals surface area contributed by atoms with Crippen molar-refractivity contribution in [2.75, 3.05) is 26.2 Å². The summed E-state index contributed by atoms with van der Waals surface area (Å²) in [6, 6.07) is 0.777. The molecule has 0 spiro atoms. The van der Waals surface area contributed by atoms with Crippen molar-refractivity contribution in [3.63, 3.8) is 0 Å². The minimum atomic E-state index is 0.777. The van der Waals surface area contributed by atoms with Crippen LogP contribution >= 0.6 is 0 Å². The summed E-state index contributed by atoms with van der Waals surface area (Å²) < 4.78 is 0. The molecule has 1 heterocycles. The quantitative estimate of drug-likeness (QED) is 0.701. The average Bonchev–Trinajstić information content (AvgIpc) is 2.49. The maximum absolute atomic E-state index is 3.52. The molecule has 0 amide bonds. The highest BCUT2D eigenvalue weighted by molar-refractivity contribution is 4.75. The van der Waals surface area contributed by atoms with Crippen LogP contribution in [0.25, 0.3) is 0 Å². The Morgan fingerprint density at radius 2 is 2.12 bits per heavy atom. The van der Waals surface area contributed by atoms with Gasteiger partial charge in [0, 0.05) is 25.7 Å². The fraction of sp³-hybridized carbons (Fsp3) is 1.00. The van der Waals surface area contributed by atoms with E-state index in [4.69, 9.17) is 0 Å². The Morgan fingerprint density at radius 3 is 2.88 bits per heavy atom. The van der Waals surface area contributed by atoms with Crippen LogP contribution < -0.4 is 5.32 Å². The molecule has 0 aromatic carbocycles. The molecule has 2 nitrogen and oxygen atoms in total. The van der Waals surface area contributed by atoms with Crippen molar-refractivity contribution in [1.29, 1.82) is 0 Å². The molecule has 1 N–H and O–H groups in total. The average molecular weight is 226 g/mol. The Labute approximate surface area is 102 Å². The lowest BCUT2D eigenvalue weighted by Crippen LogP contribution is -2.37. The predicted molar refractivity (Wildman–Crippen MR) is 71.8 cm³/mol. The monoisotopic (exact) mass is 226 g/mol. The van der Waals surface area contributed by atoms with Crippen LogP contribution in [0.4, 0.5) is 0 Å². The van der Waals surface area contributed by atoms with E-state index < -0.39 is 0 Å². The molecule has 0 bridgehead atoms. The zero-order valence-electron chi connectivity index (χ0n) is 11.5. The van der Waals surface area contributed by atoms with Crippen molar-refractivity contribution >= 4 is 0 Å². The molecule has 1 aliphatic rings. The van der Waals surface area contributed by atoms with E-state index in [2.05, 4.69) is 31.0 Å². The van der Waals surface area contributed by atoms with E-state index >= 15 is 0 Å². The molecule has 96 valence electrons. The summed E-state index contributed by atoms with van der Waals surface area (Å²) in [4.78, 5) is 2.68. The van der Waals surface area contributed by atoms with E-state index in [-0.39, 0.29) is 0 Å². The van der Waals surface area contributed by atoms with Gasteiger partial charge in [-0.2, -0.15) is 0 Å². The lowest BCUT2D eigenvalue weighted by atomic mass is 10.1. The van der Waals surface area contributed by atoms with Gasteiger partial charge < -0.3 is 5.32 Å². The molecule has 1 fully saturated rings. The first-order valence-electron chi connectivity index (χ1n) is 7.18. The predicted octanol–water partition coefficient (Wildman–Crippen LogP) is 2.89. The van der Waals surface area contributed by atoms with Gasteiger partial charge in [0.1, 0.15) is 0 Å². The van der Waals surface area contributed by atoms with Crippen LogP contribution in [0.5, 0.6) is 0 Å². The minimum Gasteiger partial charge on any atom is -0.315 e. The van der Waals surface area contributed by atoms with Gasteiger partial charge in [-0.25, -0.2) is 0 Å². The third-order valence-electron chi connectivity index (χ3n) is 3.71. The Hall–Kier alpha value is -0.0800. The highest BCUT2D eigenvalue weighted by Crippen LogP contribution is 2.13. The summed E-state index contributed by atoms with van der Waals surface area (Å²) in [5.41, 5.74) is 0. The molecule has 1 saturated heterocycles. The smallest absolute Gasteiger partial charge is 0.0110 e. The molecule has 2 atom stereocenters. The van der Waals surface area contributed by atoms with Gasteiger partial charge >= 0.3 is 0 Å². The highest BCUT2D eigenvalue weighted by atomic mass is 15.2. The molecular weight excluding hydrogens is 196 g/mol. The zero-order valence-corrected chi connectivity index (χ0v) is 11.5. The van der Waals surface area contributed by atoms with Crippen LogP contribution in [-0.4, -0.2) is 37.1 Å². The Bertz CT molecular complexity index is 170. The summed E-state index contributed by atoms with van der Waals surface area (Å²) in [5.74, 6) is 0.806. The molecule has 16 heavy (non-hydrogen) atoms. The number of nitrogens with zero attached hydrogens (tertiary/aromatic N) is 1. The molecule has 1 aliphatic heterocycles. The van der Waals surface area contributed by atoms with Crippen molar-refractivity contribution in [1.82, 2.24) is 10.2 Å². The Kier molecular flexibility index (Phi) is 7.06. The van der Waals surface area contributed by atoms with Crippen molar-refractivity contribution in [3.05, 3.63) is 0 Å². The molecule has 0 radical (unpaired) electrons. The zero-order chi connectivity index (χ0) is 11.8. The molecule has 0 saturated carbocycles. The first kappa shape index (κ1) is 14.0. The highest BCUT2D eigenvalue weighted by Gasteiger charge is 2.18. The van der Waals surface area contributed by atoms with Gasteiger partial charge in [0.2, 0.25) is 0 Å². The lowest BCUT2D eigenvalue weighted by molar-refractivity contribution is 0.190. The van der Waals surface area contributed by atoms with E-state index in [0.717, 1.165) is 12.0 Å². The Morgan fingerprint density at radius 1 is 1.31 bits per heavy atom. The fourth-order valence-electron chi connectivity index (χ4n) is 2.58. The van der Waals surface area contributed by atoms with E-state index in [1.165, 1.54) is 58.3 Å². The number of rotatable bonds is 6. The van der Waals surface area contributed by atoms with E-state index in [1.807, 2.05) is 0 Å². The fourth-order valence-corrected chi connectivity index (χ4v) is 2.58. The summed E-state index contributed by atoms with van der Waals surface area (Å²) in [6.07, 6.45) is 6.96. The maximum atomic E-state index is 3.52. The number of hydrogen-bond acceptors (Lipinski definition) is 2. The van der Waals surface area contributed by atoms with Gasteiger partial charge in [0.25, 0.3) is 0 Å². The SMILES string of the molecule is CCCCCCC(C)N1CCNCC(C)C1. The molecule has 2 heteroatoms. The van der Waals surface area contributed by atoms with Crippen LogP contribution in [0.3, 0.4) is 0 Å². The largest absolute Gasteiger partial charge is 0.315 e. The summed E-state index contributed by atoms with van der Waals surface area (Å²) in [6.45, 7) is 11.9. The Balaban J connectivity index is 2.20. The first-order valence-corrected chi connectivity index (χ1v) is 7.18. The second kappa shape index (κ2) is 8.08. The van der Waals surface area contributed by atoms with Gasteiger partial charge in [0.15, 0.2) is 0 Å². The standard InChI is InChI=1S/C14H30N2/c1-4-5-6-7-8-14(3)16-10-9-15-11-13(2)12-16/h13-15H,4-12H2,1-3H3. The van der Waals surface area contributed by atoms with Gasteiger partial charge in [-0.3, -0.25) is 4.90 Å². The van der Waals surface area contributed by atoms with Crippen LogP contribution in [0, 0.1) is 5.92 Å². The molecule has 2 unspecified atom stereocenters. The first-order chi connectivity index (χ1) is 7.74. The molecular formula is C14H30N2. The van der Waals surface area contributed by atoms with Crippen molar-refractivity contribution in [2.45, 2.75) is 58.9 Å². The van der Waals surface area contributed by atoms with Crippen molar-refractivity contribution < 1.29 is 0 Å². The van der Waals surface area contributed by atoms with Gasteiger partial charge in [-0.1, -0.05) is 39.5 Å². The molecule has 0 aromatic rings. The van der Waals surface area contributed by atoms with Crippen LogP contribution in [-0.2, 0) is 0 Å². The van der Waals surface area contributed by atoms with Crippen LogP contribution in [0.1, 0.15) is 52.9 Å². The van der Waals surface area contributed by atoms with Crippen molar-refractivity contribution in [3.8, 4) is 0 Å². The number of hydrogen-bond donors (Lipinski definition) is 1. The summed E-state index contributed by atoms with van der Waals surface area (Å²) in [7, 11) is 0. The second-order valence-electron chi connectivity index (χ2n) is 5.50. The second-order valence-corrected chi connectivity index (χ2v) is 5.50. The molecule has 0 aromatic heterocycles. The van der Waals surface area contributed by atoms with E-state index in [0.29, 0.717) is 0 Å². The molecule has 0 aliphatic carbocycles. The van der Waals surface area contributed by atoms with Gasteiger partial charge in [0.05, 0.1) is 0 Å². The summed E-state index contributed by atoms with van der Waals surface area (Å²) >= 11 is 0. The van der Waals surface area contributed by atoms with E-state index in [1.54, 1.807) is 0 Å². The van der Waals surface area contributed by atoms with Crippen LogP contribution in [0.15, 0.2) is 0 Å². The third kappa shape index (κ3) is 5.31. The lowest BCUT2D eigenvalue weighted by Gasteiger charge is -2.29. The number of unbranched alkanes of at least 4 members (excludes halogenated alkanes) is 3. The third-order valence-corrected chi connectivity index (χ3v) is 3.71. The summed E-state index contributed by atoms with van der Waals surface area (Å²) in [5, 5.41) is 3.52. The van der Waals surface area contributed by atoms with E-state index in [9.17, 15) is 0 Å². The van der Waals surface area contributed by atoms with Crippen LogP contribution in [0.2, 0.25) is 0 Å². The van der Waals surface area contributed by atoms with Gasteiger partial charge in [-0.05, 0) is 25.8 Å². The van der Waals surface area contributed by atoms with Crippen molar-refractivity contribution in [2.24, 2.45) is 5.92 Å². The normalized spacial score (nSPS) is 25.3. The number of nitrogens with one attached hydrogen (secondary N) is 1. The molecule has 1 rings (SSSR count). The maximum Gasteiger partial charge on any atom is 0.0110 e.